The van der Waals surface area contributed by atoms with Crippen molar-refractivity contribution in [3.63, 3.8) is 0 Å². The number of nitrogens with two attached hydrogens (primary N) is 1. The van der Waals surface area contributed by atoms with Gasteiger partial charge in [-0.1, -0.05) is 24.3 Å². The van der Waals surface area contributed by atoms with Crippen LogP contribution in [0.15, 0.2) is 24.3 Å². The molecule has 1 fully saturated rings. The second kappa shape index (κ2) is 4.49. The average molecular weight is 233 g/mol. The third kappa shape index (κ3) is 1.84. The highest BCUT2D eigenvalue weighted by Gasteiger charge is 2.52. The molecule has 1 aliphatic carbocycles. The summed E-state index contributed by atoms with van der Waals surface area (Å²) in [5.74, 6) is 0.310. The summed E-state index contributed by atoms with van der Waals surface area (Å²) in [6.07, 6.45) is 1.61. The Hall–Kier alpha value is -1.35. The molecule has 0 bridgehead atoms. The van der Waals surface area contributed by atoms with E-state index in [9.17, 15) is 4.79 Å². The van der Waals surface area contributed by atoms with Crippen molar-refractivity contribution >= 4 is 5.97 Å². The standard InChI is InChI=1S/C14H19NO2/c1-10-5-3-4-6-12(10)14(13(16)17-2)7-11(8-14)9-15/h3-6,11H,7-9,15H2,1-2H3. The summed E-state index contributed by atoms with van der Waals surface area (Å²) in [5.41, 5.74) is 7.45. The predicted molar refractivity (Wildman–Crippen MR) is 66.7 cm³/mol. The van der Waals surface area contributed by atoms with Crippen LogP contribution in [0.3, 0.4) is 0 Å². The van der Waals surface area contributed by atoms with Gasteiger partial charge in [-0.2, -0.15) is 0 Å². The molecule has 0 saturated heterocycles. The van der Waals surface area contributed by atoms with Gasteiger partial charge in [-0.05, 0) is 43.4 Å². The predicted octanol–water partition coefficient (Wildman–Crippen LogP) is 1.77. The number of esters is 1. The Morgan fingerprint density at radius 2 is 2.12 bits per heavy atom. The van der Waals surface area contributed by atoms with E-state index in [1.54, 1.807) is 0 Å². The van der Waals surface area contributed by atoms with Crippen molar-refractivity contribution in [2.24, 2.45) is 11.7 Å². The summed E-state index contributed by atoms with van der Waals surface area (Å²) in [5, 5.41) is 0. The minimum absolute atomic E-state index is 0.128. The molecular weight excluding hydrogens is 214 g/mol. The minimum atomic E-state index is -0.454. The summed E-state index contributed by atoms with van der Waals surface area (Å²) >= 11 is 0. The third-order valence-corrected chi connectivity index (χ3v) is 3.84. The number of carbonyl (C=O) groups excluding carboxylic acids is 1. The molecule has 3 heteroatoms. The van der Waals surface area contributed by atoms with Crippen LogP contribution in [0.4, 0.5) is 0 Å². The first-order valence-electron chi connectivity index (χ1n) is 5.98. The number of hydrogen-bond acceptors (Lipinski definition) is 3. The van der Waals surface area contributed by atoms with Crippen LogP contribution in [0.1, 0.15) is 24.0 Å². The van der Waals surface area contributed by atoms with Crippen LogP contribution in [0.2, 0.25) is 0 Å². The van der Waals surface area contributed by atoms with Crippen LogP contribution in [-0.2, 0) is 14.9 Å². The fourth-order valence-electron chi connectivity index (χ4n) is 2.89. The van der Waals surface area contributed by atoms with Gasteiger partial charge in [0.1, 0.15) is 0 Å². The molecule has 0 heterocycles. The molecule has 0 aliphatic heterocycles. The lowest BCUT2D eigenvalue weighted by atomic mass is 9.58. The number of hydrogen-bond donors (Lipinski definition) is 1. The van der Waals surface area contributed by atoms with Gasteiger partial charge < -0.3 is 10.5 Å². The van der Waals surface area contributed by atoms with Gasteiger partial charge in [0, 0.05) is 0 Å². The molecule has 1 aliphatic rings. The average Bonchev–Trinajstić information content (AvgIpc) is 2.30. The smallest absolute Gasteiger partial charge is 0.316 e. The van der Waals surface area contributed by atoms with Crippen molar-refractivity contribution in [3.05, 3.63) is 35.4 Å². The highest BCUT2D eigenvalue weighted by atomic mass is 16.5. The zero-order chi connectivity index (χ0) is 12.5. The molecule has 1 saturated carbocycles. The largest absolute Gasteiger partial charge is 0.468 e. The van der Waals surface area contributed by atoms with Gasteiger partial charge in [0.2, 0.25) is 0 Å². The Morgan fingerprint density at radius 3 is 2.65 bits per heavy atom. The van der Waals surface area contributed by atoms with Gasteiger partial charge in [-0.25, -0.2) is 0 Å². The molecule has 0 spiro atoms. The highest BCUT2D eigenvalue weighted by Crippen LogP contribution is 2.49. The SMILES string of the molecule is COC(=O)C1(c2ccccc2C)CC(CN)C1. The molecule has 17 heavy (non-hydrogen) atoms. The van der Waals surface area contributed by atoms with Crippen molar-refractivity contribution in [1.29, 1.82) is 0 Å². The number of carbonyl (C=O) groups is 1. The Kier molecular flexibility index (Phi) is 3.20. The summed E-state index contributed by atoms with van der Waals surface area (Å²) in [6, 6.07) is 8.03. The van der Waals surface area contributed by atoms with Gasteiger partial charge >= 0.3 is 5.97 Å². The number of methoxy groups -OCH3 is 1. The number of aryl methyl sites for hydroxylation is 1. The van der Waals surface area contributed by atoms with E-state index >= 15 is 0 Å². The zero-order valence-electron chi connectivity index (χ0n) is 10.4. The van der Waals surface area contributed by atoms with E-state index in [2.05, 4.69) is 0 Å². The van der Waals surface area contributed by atoms with Crippen LogP contribution >= 0.6 is 0 Å². The molecule has 1 aromatic rings. The summed E-state index contributed by atoms with van der Waals surface area (Å²) in [4.78, 5) is 12.1. The Morgan fingerprint density at radius 1 is 1.47 bits per heavy atom. The van der Waals surface area contributed by atoms with Crippen molar-refractivity contribution in [2.45, 2.75) is 25.2 Å². The van der Waals surface area contributed by atoms with Crippen molar-refractivity contribution in [3.8, 4) is 0 Å². The van der Waals surface area contributed by atoms with E-state index < -0.39 is 5.41 Å². The van der Waals surface area contributed by atoms with E-state index in [1.807, 2.05) is 31.2 Å². The third-order valence-electron chi connectivity index (χ3n) is 3.84. The van der Waals surface area contributed by atoms with E-state index in [4.69, 9.17) is 10.5 Å². The van der Waals surface area contributed by atoms with Crippen LogP contribution in [0.25, 0.3) is 0 Å². The topological polar surface area (TPSA) is 52.3 Å². The summed E-state index contributed by atoms with van der Waals surface area (Å²) in [7, 11) is 1.46. The minimum Gasteiger partial charge on any atom is -0.468 e. The normalized spacial score (nSPS) is 27.4. The van der Waals surface area contributed by atoms with E-state index in [-0.39, 0.29) is 5.97 Å². The van der Waals surface area contributed by atoms with E-state index in [0.717, 1.165) is 24.0 Å². The molecule has 3 nitrogen and oxygen atoms in total. The van der Waals surface area contributed by atoms with Gasteiger partial charge in [0.25, 0.3) is 0 Å². The van der Waals surface area contributed by atoms with Gasteiger partial charge in [-0.3, -0.25) is 4.79 Å². The lowest BCUT2D eigenvalue weighted by Crippen LogP contribution is -2.50. The summed E-state index contributed by atoms with van der Waals surface area (Å²) < 4.78 is 4.98. The number of rotatable bonds is 3. The molecule has 92 valence electrons. The second-order valence-electron chi connectivity index (χ2n) is 4.90. The molecule has 0 radical (unpaired) electrons. The van der Waals surface area contributed by atoms with Crippen LogP contribution in [0, 0.1) is 12.8 Å². The molecule has 0 unspecified atom stereocenters. The molecule has 1 aromatic carbocycles. The molecule has 0 aromatic heterocycles. The maximum atomic E-state index is 12.1. The monoisotopic (exact) mass is 233 g/mol. The van der Waals surface area contributed by atoms with Crippen molar-refractivity contribution in [1.82, 2.24) is 0 Å². The molecule has 0 amide bonds. The summed E-state index contributed by atoms with van der Waals surface area (Å²) in [6.45, 7) is 2.68. The molecule has 2 N–H and O–H groups in total. The quantitative estimate of drug-likeness (QED) is 0.810. The number of ether oxygens (including phenoxy) is 1. The zero-order valence-corrected chi connectivity index (χ0v) is 10.4. The van der Waals surface area contributed by atoms with Crippen molar-refractivity contribution in [2.75, 3.05) is 13.7 Å². The van der Waals surface area contributed by atoms with Crippen molar-refractivity contribution < 1.29 is 9.53 Å². The van der Waals surface area contributed by atoms with Gasteiger partial charge in [-0.15, -0.1) is 0 Å². The Labute approximate surface area is 102 Å². The maximum absolute atomic E-state index is 12.1. The van der Waals surface area contributed by atoms with Crippen LogP contribution in [-0.4, -0.2) is 19.6 Å². The molecule has 0 atom stereocenters. The number of benzene rings is 1. The Bertz CT molecular complexity index is 422. The first kappa shape index (κ1) is 12.1. The van der Waals surface area contributed by atoms with Crippen LogP contribution in [0.5, 0.6) is 0 Å². The molecular formula is C14H19NO2. The first-order chi connectivity index (χ1) is 8.14. The lowest BCUT2D eigenvalue weighted by Gasteiger charge is -2.46. The fourth-order valence-corrected chi connectivity index (χ4v) is 2.89. The molecule has 2 rings (SSSR count). The van der Waals surface area contributed by atoms with Gasteiger partial charge in [0.05, 0.1) is 12.5 Å². The maximum Gasteiger partial charge on any atom is 0.316 e. The Balaban J connectivity index is 2.36. The first-order valence-corrected chi connectivity index (χ1v) is 5.98. The highest BCUT2D eigenvalue weighted by molar-refractivity contribution is 5.85. The second-order valence-corrected chi connectivity index (χ2v) is 4.90. The van der Waals surface area contributed by atoms with Crippen LogP contribution < -0.4 is 5.73 Å². The van der Waals surface area contributed by atoms with E-state index in [1.165, 1.54) is 7.11 Å². The van der Waals surface area contributed by atoms with Gasteiger partial charge in [0.15, 0.2) is 0 Å². The fraction of sp³-hybridized carbons (Fsp3) is 0.500. The lowest BCUT2D eigenvalue weighted by molar-refractivity contribution is -0.153. The van der Waals surface area contributed by atoms with E-state index in [0.29, 0.717) is 12.5 Å².